The van der Waals surface area contributed by atoms with Gasteiger partial charge in [-0.15, -0.1) is 0 Å². The molecule has 1 aromatic carbocycles. The van der Waals surface area contributed by atoms with E-state index in [1.807, 2.05) is 51.7 Å². The van der Waals surface area contributed by atoms with Gasteiger partial charge in [0.1, 0.15) is 5.82 Å². The second-order valence-electron chi connectivity index (χ2n) is 11.4. The van der Waals surface area contributed by atoms with Crippen LogP contribution in [0.2, 0.25) is 5.02 Å². The van der Waals surface area contributed by atoms with Crippen molar-refractivity contribution in [2.75, 3.05) is 18.0 Å². The van der Waals surface area contributed by atoms with Gasteiger partial charge in [0.2, 0.25) is 5.91 Å². The standard InChI is InChI=1S/C33H35ClN6O3/c1-8-27(42)38-16-21(6)39(17-20(38)5)31-25-15-26(34)29(24-12-10-9-11-23(24)22(7)41)36-32(25)40(33(43)37-31)30-19(4)13-14-35-28(30)18(2)3/h8-15,18,20-21H,1,16-17H2,2-7H3. The number of halogens is 1. The maximum absolute atomic E-state index is 14.1. The average Bonchev–Trinajstić information content (AvgIpc) is 2.97. The SMILES string of the molecule is C=CC(=O)N1CC(C)N(c2nc(=O)n(-c3c(C)ccnc3C(C)C)c3nc(-c4ccccc4C(C)=O)c(Cl)cc23)CC1C. The summed E-state index contributed by atoms with van der Waals surface area (Å²) in [5.41, 5.74) is 3.49. The predicted octanol–water partition coefficient (Wildman–Crippen LogP) is 5.74. The van der Waals surface area contributed by atoms with Gasteiger partial charge in [-0.3, -0.25) is 14.6 Å². The Morgan fingerprint density at radius 2 is 1.81 bits per heavy atom. The number of piperazine rings is 1. The average molecular weight is 599 g/mol. The van der Waals surface area contributed by atoms with Crippen LogP contribution in [0.5, 0.6) is 0 Å². The topological polar surface area (TPSA) is 101 Å². The molecule has 3 aromatic heterocycles. The molecule has 0 N–H and O–H groups in total. The molecule has 5 rings (SSSR count). The van der Waals surface area contributed by atoms with Crippen molar-refractivity contribution in [2.24, 2.45) is 0 Å². The van der Waals surface area contributed by atoms with E-state index in [4.69, 9.17) is 16.6 Å². The van der Waals surface area contributed by atoms with Crippen LogP contribution in [-0.4, -0.2) is 61.3 Å². The highest BCUT2D eigenvalue weighted by atomic mass is 35.5. The number of pyridine rings is 2. The van der Waals surface area contributed by atoms with Gasteiger partial charge in [-0.25, -0.2) is 14.3 Å². The minimum absolute atomic E-state index is 0.0121. The first-order chi connectivity index (χ1) is 20.4. The molecular weight excluding hydrogens is 564 g/mol. The van der Waals surface area contributed by atoms with E-state index in [-0.39, 0.29) is 29.7 Å². The molecule has 2 unspecified atom stereocenters. The maximum atomic E-state index is 14.1. The zero-order valence-corrected chi connectivity index (χ0v) is 26.0. The number of rotatable bonds is 6. The van der Waals surface area contributed by atoms with Gasteiger partial charge in [-0.05, 0) is 57.4 Å². The molecule has 4 heterocycles. The first-order valence-corrected chi connectivity index (χ1v) is 14.7. The Labute approximate surface area is 255 Å². The zero-order valence-electron chi connectivity index (χ0n) is 25.3. The number of aromatic nitrogens is 4. The summed E-state index contributed by atoms with van der Waals surface area (Å²) in [6, 6.07) is 10.5. The molecule has 1 aliphatic heterocycles. The number of carbonyl (C=O) groups is 2. The van der Waals surface area contributed by atoms with Gasteiger partial charge in [0.15, 0.2) is 11.4 Å². The van der Waals surface area contributed by atoms with Crippen LogP contribution in [0.25, 0.3) is 28.0 Å². The molecule has 0 saturated carbocycles. The Morgan fingerprint density at radius 1 is 1.09 bits per heavy atom. The minimum atomic E-state index is -0.509. The highest BCUT2D eigenvalue weighted by Crippen LogP contribution is 2.37. The lowest BCUT2D eigenvalue weighted by Crippen LogP contribution is -2.58. The lowest BCUT2D eigenvalue weighted by atomic mass is 10.0. The largest absolute Gasteiger partial charge is 0.355 e. The normalized spacial score (nSPS) is 17.0. The van der Waals surface area contributed by atoms with Gasteiger partial charge >= 0.3 is 5.69 Å². The molecule has 4 aromatic rings. The van der Waals surface area contributed by atoms with Gasteiger partial charge in [0, 0.05) is 42.5 Å². The van der Waals surface area contributed by atoms with Crippen LogP contribution in [0.1, 0.15) is 62.2 Å². The second kappa shape index (κ2) is 11.7. The van der Waals surface area contributed by atoms with Crippen LogP contribution in [0.15, 0.2) is 60.0 Å². The molecule has 0 radical (unpaired) electrons. The van der Waals surface area contributed by atoms with Crippen molar-refractivity contribution in [3.05, 3.63) is 87.6 Å². The predicted molar refractivity (Wildman–Crippen MR) is 170 cm³/mol. The van der Waals surface area contributed by atoms with E-state index in [2.05, 4.69) is 16.5 Å². The Morgan fingerprint density at radius 3 is 2.49 bits per heavy atom. The number of benzene rings is 1. The first kappa shape index (κ1) is 30.1. The number of ketones is 1. The third-order valence-electron chi connectivity index (χ3n) is 8.00. The van der Waals surface area contributed by atoms with Crippen LogP contribution in [0.4, 0.5) is 5.82 Å². The van der Waals surface area contributed by atoms with E-state index in [1.54, 1.807) is 35.4 Å². The number of anilines is 1. The van der Waals surface area contributed by atoms with Crippen molar-refractivity contribution in [1.82, 2.24) is 24.4 Å². The summed E-state index contributed by atoms with van der Waals surface area (Å²) in [5, 5.41) is 0.900. The number of Topliss-reactive ketones (excluding diaryl/α,β-unsaturated/α-hetero) is 1. The number of amides is 1. The molecule has 1 aliphatic rings. The van der Waals surface area contributed by atoms with Gasteiger partial charge < -0.3 is 9.80 Å². The van der Waals surface area contributed by atoms with E-state index >= 15 is 0 Å². The Kier molecular flexibility index (Phi) is 8.21. The van der Waals surface area contributed by atoms with Crippen LogP contribution >= 0.6 is 11.6 Å². The van der Waals surface area contributed by atoms with Crippen molar-refractivity contribution in [2.45, 2.75) is 59.5 Å². The number of aryl methyl sites for hydroxylation is 1. The van der Waals surface area contributed by atoms with E-state index in [0.717, 1.165) is 11.3 Å². The van der Waals surface area contributed by atoms with Gasteiger partial charge in [0.25, 0.3) is 0 Å². The Hall–Kier alpha value is -4.37. The molecule has 0 bridgehead atoms. The highest BCUT2D eigenvalue weighted by molar-refractivity contribution is 6.34. The third-order valence-corrected chi connectivity index (χ3v) is 8.29. The van der Waals surface area contributed by atoms with E-state index < -0.39 is 5.69 Å². The summed E-state index contributed by atoms with van der Waals surface area (Å²) < 4.78 is 1.51. The van der Waals surface area contributed by atoms with Crippen LogP contribution in [0.3, 0.4) is 0 Å². The smallest absolute Gasteiger partial charge is 0.349 e. The number of hydrogen-bond donors (Lipinski definition) is 0. The summed E-state index contributed by atoms with van der Waals surface area (Å²) >= 11 is 6.94. The van der Waals surface area contributed by atoms with Crippen molar-refractivity contribution in [3.8, 4) is 16.9 Å². The van der Waals surface area contributed by atoms with Crippen molar-refractivity contribution < 1.29 is 9.59 Å². The first-order valence-electron chi connectivity index (χ1n) is 14.3. The van der Waals surface area contributed by atoms with E-state index in [0.29, 0.717) is 57.5 Å². The quantitative estimate of drug-likeness (QED) is 0.206. The fourth-order valence-electron chi connectivity index (χ4n) is 5.84. The third kappa shape index (κ3) is 5.33. The minimum Gasteiger partial charge on any atom is -0.349 e. The molecule has 9 nitrogen and oxygen atoms in total. The molecular formula is C33H35ClN6O3. The lowest BCUT2D eigenvalue weighted by molar-refractivity contribution is -0.128. The summed E-state index contributed by atoms with van der Waals surface area (Å²) in [7, 11) is 0. The Bertz CT molecular complexity index is 1830. The molecule has 2 atom stereocenters. The maximum Gasteiger partial charge on any atom is 0.355 e. The van der Waals surface area contributed by atoms with Crippen molar-refractivity contribution in [1.29, 1.82) is 0 Å². The summed E-state index contributed by atoms with van der Waals surface area (Å²) in [4.78, 5) is 57.3. The fraction of sp³-hybridized carbons (Fsp3) is 0.333. The zero-order chi connectivity index (χ0) is 31.2. The second-order valence-corrected chi connectivity index (χ2v) is 11.8. The molecule has 1 fully saturated rings. The lowest BCUT2D eigenvalue weighted by Gasteiger charge is -2.44. The van der Waals surface area contributed by atoms with E-state index in [1.165, 1.54) is 17.6 Å². The molecule has 1 amide bonds. The fourth-order valence-corrected chi connectivity index (χ4v) is 6.10. The summed E-state index contributed by atoms with van der Waals surface area (Å²) in [6.07, 6.45) is 3.05. The van der Waals surface area contributed by atoms with Crippen LogP contribution in [-0.2, 0) is 4.79 Å². The number of hydrogen-bond acceptors (Lipinski definition) is 7. The molecule has 0 aliphatic carbocycles. The van der Waals surface area contributed by atoms with Gasteiger partial charge in [0.05, 0.1) is 27.5 Å². The summed E-state index contributed by atoms with van der Waals surface area (Å²) in [6.45, 7) is 15.9. The molecule has 222 valence electrons. The van der Waals surface area contributed by atoms with Gasteiger partial charge in [-0.1, -0.05) is 56.3 Å². The highest BCUT2D eigenvalue weighted by Gasteiger charge is 2.34. The number of fused-ring (bicyclic) bond motifs is 1. The number of nitrogens with zero attached hydrogens (tertiary/aromatic N) is 6. The molecule has 43 heavy (non-hydrogen) atoms. The molecule has 10 heteroatoms. The monoisotopic (exact) mass is 598 g/mol. The number of carbonyl (C=O) groups excluding carboxylic acids is 2. The molecule has 0 spiro atoms. The van der Waals surface area contributed by atoms with Crippen molar-refractivity contribution >= 4 is 40.1 Å². The van der Waals surface area contributed by atoms with Gasteiger partial charge in [-0.2, -0.15) is 4.98 Å². The van der Waals surface area contributed by atoms with Crippen molar-refractivity contribution in [3.63, 3.8) is 0 Å². The van der Waals surface area contributed by atoms with E-state index in [9.17, 15) is 14.4 Å². The molecule has 1 saturated heterocycles. The summed E-state index contributed by atoms with van der Waals surface area (Å²) in [5.74, 6) is 0.188. The van der Waals surface area contributed by atoms with Crippen LogP contribution < -0.4 is 10.6 Å². The van der Waals surface area contributed by atoms with Crippen LogP contribution in [0, 0.1) is 6.92 Å². The Balaban J connectivity index is 1.85.